The number of rotatable bonds is 2. The first-order chi connectivity index (χ1) is 4.88. The van der Waals surface area contributed by atoms with Crippen LogP contribution in [-0.2, 0) is 0 Å². The van der Waals surface area contributed by atoms with Crippen molar-refractivity contribution in [2.45, 2.75) is 4.90 Å². The number of hydrogen-bond donors (Lipinski definition) is 1. The van der Waals surface area contributed by atoms with Crippen LogP contribution in [0.1, 0.15) is 5.76 Å². The Balaban J connectivity index is 2.90. The standard InChI is InChI=1S/C6H7NO2S/c1-10-6-2-3-9-5(6)4-7-8/h2-4,8H,1H3/b7-4+. The van der Waals surface area contributed by atoms with Crippen LogP contribution in [-0.4, -0.2) is 17.7 Å². The summed E-state index contributed by atoms with van der Waals surface area (Å²) in [4.78, 5) is 0.970. The molecule has 0 amide bonds. The molecular weight excluding hydrogens is 150 g/mol. The molecule has 0 aliphatic carbocycles. The zero-order valence-electron chi connectivity index (χ0n) is 5.44. The summed E-state index contributed by atoms with van der Waals surface area (Å²) < 4.78 is 4.97. The second-order valence-electron chi connectivity index (χ2n) is 1.60. The van der Waals surface area contributed by atoms with Gasteiger partial charge < -0.3 is 9.62 Å². The van der Waals surface area contributed by atoms with Gasteiger partial charge in [-0.15, -0.1) is 11.8 Å². The van der Waals surface area contributed by atoms with Gasteiger partial charge >= 0.3 is 0 Å². The van der Waals surface area contributed by atoms with Crippen LogP contribution in [0.4, 0.5) is 0 Å². The summed E-state index contributed by atoms with van der Waals surface area (Å²) in [6.45, 7) is 0. The molecule has 54 valence electrons. The van der Waals surface area contributed by atoms with Crippen LogP contribution in [0.5, 0.6) is 0 Å². The highest BCUT2D eigenvalue weighted by atomic mass is 32.2. The molecule has 1 heterocycles. The molecule has 1 aromatic rings. The maximum Gasteiger partial charge on any atom is 0.161 e. The molecule has 0 atom stereocenters. The van der Waals surface area contributed by atoms with Crippen molar-refractivity contribution < 1.29 is 9.62 Å². The summed E-state index contributed by atoms with van der Waals surface area (Å²) in [7, 11) is 0. The molecule has 0 aliphatic rings. The third-order valence-electron chi connectivity index (χ3n) is 1.05. The summed E-state index contributed by atoms with van der Waals surface area (Å²) in [5.74, 6) is 0.593. The maximum absolute atomic E-state index is 8.16. The molecule has 3 nitrogen and oxygen atoms in total. The van der Waals surface area contributed by atoms with Crippen LogP contribution in [0.2, 0.25) is 0 Å². The number of furan rings is 1. The fourth-order valence-electron chi connectivity index (χ4n) is 0.624. The summed E-state index contributed by atoms with van der Waals surface area (Å²) in [6, 6.07) is 1.82. The van der Waals surface area contributed by atoms with Gasteiger partial charge in [0, 0.05) is 0 Å². The highest BCUT2D eigenvalue weighted by molar-refractivity contribution is 7.98. The second-order valence-corrected chi connectivity index (χ2v) is 2.45. The predicted octanol–water partition coefficient (Wildman–Crippen LogP) is 1.81. The molecule has 0 aromatic carbocycles. The van der Waals surface area contributed by atoms with Crippen LogP contribution < -0.4 is 0 Å². The Morgan fingerprint density at radius 2 is 2.60 bits per heavy atom. The van der Waals surface area contributed by atoms with E-state index in [-0.39, 0.29) is 0 Å². The predicted molar refractivity (Wildman–Crippen MR) is 39.9 cm³/mol. The van der Waals surface area contributed by atoms with Gasteiger partial charge in [0.05, 0.1) is 11.2 Å². The monoisotopic (exact) mass is 157 g/mol. The summed E-state index contributed by atoms with van der Waals surface area (Å²) in [5, 5.41) is 11.0. The van der Waals surface area contributed by atoms with E-state index in [0.717, 1.165) is 4.90 Å². The average Bonchev–Trinajstić information content (AvgIpc) is 2.36. The topological polar surface area (TPSA) is 45.7 Å². The van der Waals surface area contributed by atoms with Crippen molar-refractivity contribution in [2.75, 3.05) is 6.26 Å². The van der Waals surface area contributed by atoms with Crippen molar-refractivity contribution in [1.29, 1.82) is 0 Å². The van der Waals surface area contributed by atoms with E-state index in [4.69, 9.17) is 9.62 Å². The Morgan fingerprint density at radius 1 is 1.80 bits per heavy atom. The lowest BCUT2D eigenvalue weighted by molar-refractivity contribution is 0.320. The minimum absolute atomic E-state index is 0.593. The van der Waals surface area contributed by atoms with Crippen molar-refractivity contribution in [1.82, 2.24) is 0 Å². The third kappa shape index (κ3) is 1.33. The Labute approximate surface area is 62.7 Å². The minimum Gasteiger partial charge on any atom is -0.462 e. The Kier molecular flexibility index (Phi) is 2.39. The normalized spacial score (nSPS) is 10.9. The SMILES string of the molecule is CSc1ccoc1/C=N/O. The number of oxime groups is 1. The molecule has 1 aromatic heterocycles. The molecule has 0 fully saturated rings. The summed E-state index contributed by atoms with van der Waals surface area (Å²) in [6.07, 6.45) is 4.76. The van der Waals surface area contributed by atoms with Gasteiger partial charge in [0.1, 0.15) is 6.21 Å². The molecule has 0 bridgehead atoms. The van der Waals surface area contributed by atoms with E-state index in [1.165, 1.54) is 6.21 Å². The largest absolute Gasteiger partial charge is 0.462 e. The average molecular weight is 157 g/mol. The van der Waals surface area contributed by atoms with Gasteiger partial charge in [-0.05, 0) is 12.3 Å². The van der Waals surface area contributed by atoms with Gasteiger partial charge in [0.15, 0.2) is 5.76 Å². The molecular formula is C6H7NO2S. The first-order valence-corrected chi connectivity index (χ1v) is 3.90. The molecule has 0 aliphatic heterocycles. The molecule has 0 spiro atoms. The van der Waals surface area contributed by atoms with Crippen LogP contribution >= 0.6 is 11.8 Å². The van der Waals surface area contributed by atoms with Crippen molar-refractivity contribution in [3.05, 3.63) is 18.1 Å². The highest BCUT2D eigenvalue weighted by Gasteiger charge is 2.00. The quantitative estimate of drug-likeness (QED) is 0.308. The van der Waals surface area contributed by atoms with E-state index < -0.39 is 0 Å². The zero-order valence-corrected chi connectivity index (χ0v) is 6.26. The van der Waals surface area contributed by atoms with Gasteiger partial charge in [-0.25, -0.2) is 0 Å². The minimum atomic E-state index is 0.593. The first-order valence-electron chi connectivity index (χ1n) is 2.67. The maximum atomic E-state index is 8.16. The van der Waals surface area contributed by atoms with Crippen LogP contribution in [0, 0.1) is 0 Å². The lowest BCUT2D eigenvalue weighted by atomic mass is 10.5. The molecule has 4 heteroatoms. The Bertz CT molecular complexity index is 231. The van der Waals surface area contributed by atoms with Crippen LogP contribution in [0.3, 0.4) is 0 Å². The number of nitrogens with zero attached hydrogens (tertiary/aromatic N) is 1. The lowest BCUT2D eigenvalue weighted by Crippen LogP contribution is -1.77. The molecule has 10 heavy (non-hydrogen) atoms. The lowest BCUT2D eigenvalue weighted by Gasteiger charge is -1.87. The van der Waals surface area contributed by atoms with Gasteiger partial charge in [0.2, 0.25) is 0 Å². The summed E-state index contributed by atoms with van der Waals surface area (Å²) in [5.41, 5.74) is 0. The fraction of sp³-hybridized carbons (Fsp3) is 0.167. The molecule has 0 radical (unpaired) electrons. The molecule has 0 saturated heterocycles. The fourth-order valence-corrected chi connectivity index (χ4v) is 1.12. The van der Waals surface area contributed by atoms with Crippen LogP contribution in [0.15, 0.2) is 26.8 Å². The van der Waals surface area contributed by atoms with Gasteiger partial charge in [0.25, 0.3) is 0 Å². The van der Waals surface area contributed by atoms with E-state index in [9.17, 15) is 0 Å². The van der Waals surface area contributed by atoms with E-state index in [0.29, 0.717) is 5.76 Å². The van der Waals surface area contributed by atoms with Crippen molar-refractivity contribution in [3.63, 3.8) is 0 Å². The van der Waals surface area contributed by atoms with Crippen molar-refractivity contribution >= 4 is 18.0 Å². The van der Waals surface area contributed by atoms with E-state index >= 15 is 0 Å². The van der Waals surface area contributed by atoms with Gasteiger partial charge in [-0.3, -0.25) is 0 Å². The molecule has 1 rings (SSSR count). The van der Waals surface area contributed by atoms with E-state index in [2.05, 4.69) is 5.16 Å². The smallest absolute Gasteiger partial charge is 0.161 e. The van der Waals surface area contributed by atoms with Gasteiger partial charge in [-0.1, -0.05) is 5.16 Å². The number of thioether (sulfide) groups is 1. The molecule has 0 unspecified atom stereocenters. The Morgan fingerprint density at radius 3 is 3.20 bits per heavy atom. The number of hydrogen-bond acceptors (Lipinski definition) is 4. The van der Waals surface area contributed by atoms with Crippen molar-refractivity contribution in [2.24, 2.45) is 5.16 Å². The third-order valence-corrected chi connectivity index (χ3v) is 1.83. The first kappa shape index (κ1) is 7.21. The van der Waals surface area contributed by atoms with Crippen LogP contribution in [0.25, 0.3) is 0 Å². The zero-order chi connectivity index (χ0) is 7.40. The molecule has 1 N–H and O–H groups in total. The Hall–Kier alpha value is -0.900. The summed E-state index contributed by atoms with van der Waals surface area (Å²) >= 11 is 1.55. The van der Waals surface area contributed by atoms with E-state index in [1.807, 2.05) is 12.3 Å². The van der Waals surface area contributed by atoms with Gasteiger partial charge in [-0.2, -0.15) is 0 Å². The highest BCUT2D eigenvalue weighted by Crippen LogP contribution is 2.19. The van der Waals surface area contributed by atoms with E-state index in [1.54, 1.807) is 18.0 Å². The second kappa shape index (κ2) is 3.31. The molecule has 0 saturated carbocycles. The van der Waals surface area contributed by atoms with Crippen molar-refractivity contribution in [3.8, 4) is 0 Å².